The molecular weight excluding hydrogens is 392 g/mol. The summed E-state index contributed by atoms with van der Waals surface area (Å²) in [6, 6.07) is 7.21. The van der Waals surface area contributed by atoms with Crippen LogP contribution >= 0.6 is 0 Å². The summed E-state index contributed by atoms with van der Waals surface area (Å²) in [6.45, 7) is 5.54. The van der Waals surface area contributed by atoms with E-state index in [-0.39, 0.29) is 17.2 Å². The third-order valence-corrected chi connectivity index (χ3v) is 5.59. The van der Waals surface area contributed by atoms with Crippen LogP contribution in [0, 0.1) is 24.5 Å². The molecule has 0 aliphatic carbocycles. The van der Waals surface area contributed by atoms with Gasteiger partial charge in [0, 0.05) is 16.6 Å². The van der Waals surface area contributed by atoms with E-state index < -0.39 is 29.4 Å². The van der Waals surface area contributed by atoms with E-state index in [0.29, 0.717) is 28.6 Å². The topological polar surface area (TPSA) is 79.5 Å². The normalized spacial score (nSPS) is 13.4. The summed E-state index contributed by atoms with van der Waals surface area (Å²) in [5.74, 6) is -4.67. The fourth-order valence-electron chi connectivity index (χ4n) is 3.80. The van der Waals surface area contributed by atoms with Crippen LogP contribution in [-0.2, 0) is 4.79 Å². The minimum absolute atomic E-state index is 0.0612. The van der Waals surface area contributed by atoms with Crippen molar-refractivity contribution in [2.24, 2.45) is 5.92 Å². The van der Waals surface area contributed by atoms with E-state index in [1.54, 1.807) is 6.92 Å². The molecule has 3 aromatic rings. The van der Waals surface area contributed by atoms with Gasteiger partial charge in [0.1, 0.15) is 5.75 Å². The number of nitrogens with zero attached hydrogens (tertiary/aromatic N) is 1. The van der Waals surface area contributed by atoms with Gasteiger partial charge in [0.25, 0.3) is 5.91 Å². The highest BCUT2D eigenvalue weighted by atomic mass is 19.2. The predicted octanol–water partition coefficient (Wildman–Crippen LogP) is 5.23. The number of aliphatic carboxylic acids is 1. The minimum atomic E-state index is -1.15. The molecule has 2 unspecified atom stereocenters. The summed E-state index contributed by atoms with van der Waals surface area (Å²) in [6.07, 6.45) is 1.15. The van der Waals surface area contributed by atoms with E-state index in [1.807, 2.05) is 13.8 Å². The molecule has 0 bridgehead atoms. The van der Waals surface area contributed by atoms with Crippen molar-refractivity contribution in [1.29, 1.82) is 0 Å². The second-order valence-electron chi connectivity index (χ2n) is 7.61. The van der Waals surface area contributed by atoms with Crippen LogP contribution in [0.15, 0.2) is 36.4 Å². The number of hydrogen-bond acceptors (Lipinski definition) is 3. The molecule has 0 radical (unpaired) electrons. The summed E-state index contributed by atoms with van der Waals surface area (Å²) in [5.41, 5.74) is 1.15. The first-order valence-electron chi connectivity index (χ1n) is 9.72. The van der Waals surface area contributed by atoms with Crippen LogP contribution < -0.4 is 0 Å². The molecule has 7 heteroatoms. The average Bonchev–Trinajstić information content (AvgIpc) is 2.98. The Morgan fingerprint density at radius 1 is 1.10 bits per heavy atom. The summed E-state index contributed by atoms with van der Waals surface area (Å²) < 4.78 is 28.3. The summed E-state index contributed by atoms with van der Waals surface area (Å²) in [5, 5.41) is 20.3. The van der Waals surface area contributed by atoms with E-state index in [1.165, 1.54) is 28.8 Å². The Morgan fingerprint density at radius 2 is 1.80 bits per heavy atom. The number of rotatable bonds is 6. The Bertz CT molecular complexity index is 1140. The number of aromatic nitrogens is 1. The highest BCUT2D eigenvalue weighted by Gasteiger charge is 2.30. The van der Waals surface area contributed by atoms with Gasteiger partial charge in [-0.15, -0.1) is 0 Å². The largest absolute Gasteiger partial charge is 0.508 e. The minimum Gasteiger partial charge on any atom is -0.508 e. The predicted molar refractivity (Wildman–Crippen MR) is 109 cm³/mol. The molecule has 158 valence electrons. The first-order valence-corrected chi connectivity index (χ1v) is 9.72. The smallest absolute Gasteiger partial charge is 0.311 e. The zero-order chi connectivity index (χ0) is 22.2. The number of phenols is 1. The highest BCUT2D eigenvalue weighted by Crippen LogP contribution is 2.38. The molecule has 5 nitrogen and oxygen atoms in total. The Hall–Kier alpha value is -3.22. The number of halogens is 2. The fourth-order valence-corrected chi connectivity index (χ4v) is 3.80. The maximum absolute atomic E-state index is 13.7. The number of fused-ring (bicyclic) bond motifs is 1. The molecule has 1 aromatic heterocycles. The fraction of sp³-hybridized carbons (Fsp3) is 0.304. The molecule has 0 fully saturated rings. The van der Waals surface area contributed by atoms with E-state index in [0.717, 1.165) is 18.6 Å². The molecule has 3 rings (SSSR count). The Labute approximate surface area is 172 Å². The van der Waals surface area contributed by atoms with Crippen LogP contribution in [0.4, 0.5) is 8.78 Å². The van der Waals surface area contributed by atoms with Crippen molar-refractivity contribution in [3.8, 4) is 5.75 Å². The van der Waals surface area contributed by atoms with E-state index in [4.69, 9.17) is 0 Å². The third kappa shape index (κ3) is 3.79. The number of carboxylic acids is 1. The van der Waals surface area contributed by atoms with Crippen molar-refractivity contribution >= 4 is 22.8 Å². The molecule has 2 atom stereocenters. The van der Waals surface area contributed by atoms with Gasteiger partial charge >= 0.3 is 5.97 Å². The van der Waals surface area contributed by atoms with Gasteiger partial charge in [0.15, 0.2) is 11.6 Å². The van der Waals surface area contributed by atoms with E-state index in [9.17, 15) is 28.6 Å². The summed E-state index contributed by atoms with van der Waals surface area (Å²) >= 11 is 0. The molecular formula is C23H23F2NO4. The van der Waals surface area contributed by atoms with Gasteiger partial charge in [-0.1, -0.05) is 20.3 Å². The van der Waals surface area contributed by atoms with Crippen LogP contribution in [-0.4, -0.2) is 26.7 Å². The van der Waals surface area contributed by atoms with Crippen molar-refractivity contribution in [1.82, 2.24) is 4.57 Å². The molecule has 0 aliphatic heterocycles. The average molecular weight is 415 g/mol. The lowest BCUT2D eigenvalue weighted by Crippen LogP contribution is -2.18. The van der Waals surface area contributed by atoms with Crippen molar-refractivity contribution in [3.63, 3.8) is 0 Å². The molecule has 0 amide bonds. The van der Waals surface area contributed by atoms with Gasteiger partial charge in [0.05, 0.1) is 11.4 Å². The molecule has 2 aromatic carbocycles. The maximum atomic E-state index is 13.7. The lowest BCUT2D eigenvalue weighted by atomic mass is 9.87. The van der Waals surface area contributed by atoms with Gasteiger partial charge < -0.3 is 10.2 Å². The number of benzene rings is 2. The van der Waals surface area contributed by atoms with Gasteiger partial charge in [-0.2, -0.15) is 0 Å². The van der Waals surface area contributed by atoms with Crippen molar-refractivity contribution in [2.45, 2.75) is 39.5 Å². The third-order valence-electron chi connectivity index (χ3n) is 5.59. The summed E-state index contributed by atoms with van der Waals surface area (Å²) in [7, 11) is 0. The quantitative estimate of drug-likeness (QED) is 0.578. The van der Waals surface area contributed by atoms with E-state index in [2.05, 4.69) is 0 Å². The second-order valence-corrected chi connectivity index (χ2v) is 7.61. The molecule has 0 saturated carbocycles. The first kappa shape index (κ1) is 21.5. The molecule has 1 heterocycles. The summed E-state index contributed by atoms with van der Waals surface area (Å²) in [4.78, 5) is 25.3. The molecule has 0 spiro atoms. The van der Waals surface area contributed by atoms with Gasteiger partial charge in [-0.05, 0) is 61.2 Å². The van der Waals surface area contributed by atoms with Gasteiger partial charge in [0.2, 0.25) is 0 Å². The number of hydrogen-bond donors (Lipinski definition) is 2. The van der Waals surface area contributed by atoms with Crippen LogP contribution in [0.1, 0.15) is 54.2 Å². The number of carboxylic acid groups (broad SMARTS) is 1. The SMILES string of the molecule is CCC(C)CC(C(=O)O)c1c(C)n(C(=O)c2ccc(F)c(F)c2)c2ccc(O)cc12. The monoisotopic (exact) mass is 415 g/mol. The first-order chi connectivity index (χ1) is 14.1. The van der Waals surface area contributed by atoms with Crippen molar-refractivity contribution in [2.75, 3.05) is 0 Å². The maximum Gasteiger partial charge on any atom is 0.311 e. The molecule has 0 saturated heterocycles. The zero-order valence-electron chi connectivity index (χ0n) is 16.9. The standard InChI is InChI=1S/C23H23F2NO4/c1-4-12(2)9-17(23(29)30)21-13(3)26(20-8-6-15(27)11-16(20)21)22(28)14-5-7-18(24)19(25)10-14/h5-8,10-12,17,27H,4,9H2,1-3H3,(H,29,30). The van der Waals surface area contributed by atoms with Gasteiger partial charge in [-0.25, -0.2) is 8.78 Å². The van der Waals surface area contributed by atoms with Crippen molar-refractivity contribution in [3.05, 3.63) is 64.9 Å². The number of carbonyl (C=O) groups is 2. The van der Waals surface area contributed by atoms with Crippen molar-refractivity contribution < 1.29 is 28.6 Å². The molecule has 0 aliphatic rings. The Kier molecular flexibility index (Phi) is 5.92. The Morgan fingerprint density at radius 3 is 2.40 bits per heavy atom. The van der Waals surface area contributed by atoms with Gasteiger partial charge in [-0.3, -0.25) is 14.2 Å². The molecule has 2 N–H and O–H groups in total. The Balaban J connectivity index is 2.26. The second kappa shape index (κ2) is 8.26. The van der Waals surface area contributed by atoms with Crippen LogP contribution in [0.25, 0.3) is 10.9 Å². The molecule has 30 heavy (non-hydrogen) atoms. The zero-order valence-corrected chi connectivity index (χ0v) is 16.9. The number of carbonyl (C=O) groups excluding carboxylic acids is 1. The number of phenolic OH excluding ortho intramolecular Hbond substituents is 1. The van der Waals surface area contributed by atoms with E-state index >= 15 is 0 Å². The van der Waals surface area contributed by atoms with Crippen LogP contribution in [0.3, 0.4) is 0 Å². The van der Waals surface area contributed by atoms with Crippen LogP contribution in [0.5, 0.6) is 5.75 Å². The highest BCUT2D eigenvalue weighted by molar-refractivity contribution is 6.05. The lowest BCUT2D eigenvalue weighted by molar-refractivity contribution is -0.139. The van der Waals surface area contributed by atoms with Crippen LogP contribution in [0.2, 0.25) is 0 Å². The number of aromatic hydroxyl groups is 1. The lowest BCUT2D eigenvalue weighted by Gasteiger charge is -2.17.